The zero-order chi connectivity index (χ0) is 23.7. The Bertz CT molecular complexity index is 1240. The lowest BCUT2D eigenvalue weighted by atomic mass is 9.55. The summed E-state index contributed by atoms with van der Waals surface area (Å²) >= 11 is 0. The smallest absolute Gasteiger partial charge is 0.255 e. The van der Waals surface area contributed by atoms with E-state index in [4.69, 9.17) is 11.3 Å². The summed E-state index contributed by atoms with van der Waals surface area (Å²) in [5, 5.41) is 57.9. The second kappa shape index (κ2) is 6.57. The van der Waals surface area contributed by atoms with E-state index in [0.717, 1.165) is 6.07 Å². The zero-order valence-electron chi connectivity index (χ0n) is 16.6. The number of benzene rings is 1. The van der Waals surface area contributed by atoms with E-state index in [9.17, 15) is 39.9 Å². The fourth-order valence-electron chi connectivity index (χ4n) is 5.11. The van der Waals surface area contributed by atoms with Crippen LogP contribution < -0.4 is 5.73 Å². The number of carbonyl (C=O) groups excluding carboxylic acids is 3. The minimum Gasteiger partial charge on any atom is -0.508 e. The number of aromatic hydroxyl groups is 1. The first-order valence-electron chi connectivity index (χ1n) is 9.50. The Balaban J connectivity index is 2.05. The summed E-state index contributed by atoms with van der Waals surface area (Å²) in [6.07, 6.45) is -0.803. The lowest BCUT2D eigenvalue weighted by Gasteiger charge is -2.50. The van der Waals surface area contributed by atoms with E-state index in [-0.39, 0.29) is 23.2 Å². The molecule has 32 heavy (non-hydrogen) atoms. The molecule has 0 heterocycles. The van der Waals surface area contributed by atoms with E-state index in [1.54, 1.807) is 0 Å². The van der Waals surface area contributed by atoms with Crippen molar-refractivity contribution in [3.05, 3.63) is 50.6 Å². The third-order valence-corrected chi connectivity index (χ3v) is 6.60. The van der Waals surface area contributed by atoms with Gasteiger partial charge >= 0.3 is 0 Å². The number of aliphatic hydroxyl groups excluding tert-OH is 2. The van der Waals surface area contributed by atoms with E-state index in [2.05, 4.69) is 10.0 Å². The topological polar surface area (TPSA) is 227 Å². The summed E-state index contributed by atoms with van der Waals surface area (Å²) in [6.45, 7) is 1.27. The number of nitrogens with zero attached hydrogens (tertiary/aromatic N) is 3. The van der Waals surface area contributed by atoms with Crippen molar-refractivity contribution in [3.8, 4) is 5.75 Å². The van der Waals surface area contributed by atoms with Crippen LogP contribution in [-0.2, 0) is 20.0 Å². The summed E-state index contributed by atoms with van der Waals surface area (Å²) in [5.74, 6) is -8.47. The van der Waals surface area contributed by atoms with Gasteiger partial charge in [-0.15, -0.1) is 0 Å². The molecule has 12 nitrogen and oxygen atoms in total. The summed E-state index contributed by atoms with van der Waals surface area (Å²) in [5.41, 5.74) is 7.19. The van der Waals surface area contributed by atoms with Crippen LogP contribution in [0.1, 0.15) is 30.9 Å². The van der Waals surface area contributed by atoms with E-state index >= 15 is 0 Å². The summed E-state index contributed by atoms with van der Waals surface area (Å²) in [7, 11) is 0. The molecule has 1 aromatic rings. The number of fused-ring (bicyclic) bond motifs is 3. The summed E-state index contributed by atoms with van der Waals surface area (Å²) in [4.78, 5) is 40.1. The van der Waals surface area contributed by atoms with Gasteiger partial charge in [0, 0.05) is 40.0 Å². The van der Waals surface area contributed by atoms with Gasteiger partial charge in [-0.05, 0) is 31.0 Å². The number of hydrogen-bond donors (Lipinski definition) is 6. The zero-order valence-corrected chi connectivity index (χ0v) is 16.6. The molecule has 1 saturated carbocycles. The molecule has 3 aliphatic carbocycles. The van der Waals surface area contributed by atoms with Crippen LogP contribution in [0.5, 0.6) is 5.75 Å². The maximum Gasteiger partial charge on any atom is 0.255 e. The van der Waals surface area contributed by atoms with Gasteiger partial charge in [0.05, 0.1) is 11.2 Å². The molecule has 0 spiro atoms. The first-order chi connectivity index (χ1) is 14.9. The number of aliphatic hydroxyl groups is 4. The van der Waals surface area contributed by atoms with Crippen molar-refractivity contribution < 1.29 is 39.9 Å². The SMILES string of the molecule is C[C@@]1(O)c2c(N=[N+]=[N-])ccc(O)c2C(O)=C2C(=O)[C@]3(O)C(O)=C(C(N)=O)C(=O)C[C@@H]3C[C@@H]21. The molecule has 0 saturated heterocycles. The number of phenolic OH excluding ortho intramolecular Hbond substituents is 1. The number of ketones is 2. The Morgan fingerprint density at radius 1 is 1.25 bits per heavy atom. The van der Waals surface area contributed by atoms with Crippen LogP contribution in [-0.4, -0.2) is 48.6 Å². The number of carbonyl (C=O) groups is 3. The van der Waals surface area contributed by atoms with Crippen molar-refractivity contribution >= 4 is 28.9 Å². The third-order valence-electron chi connectivity index (χ3n) is 6.60. The van der Waals surface area contributed by atoms with Crippen molar-refractivity contribution in [2.24, 2.45) is 22.7 Å². The third kappa shape index (κ3) is 2.45. The Morgan fingerprint density at radius 3 is 2.50 bits per heavy atom. The second-order valence-corrected chi connectivity index (χ2v) is 8.25. The van der Waals surface area contributed by atoms with Crippen LogP contribution in [0.3, 0.4) is 0 Å². The van der Waals surface area contributed by atoms with E-state index in [0.29, 0.717) is 0 Å². The molecule has 0 bridgehead atoms. The molecule has 12 heteroatoms. The summed E-state index contributed by atoms with van der Waals surface area (Å²) in [6, 6.07) is 2.31. The number of phenols is 1. The lowest BCUT2D eigenvalue weighted by Crippen LogP contribution is -2.60. The summed E-state index contributed by atoms with van der Waals surface area (Å²) < 4.78 is 0. The van der Waals surface area contributed by atoms with Crippen LogP contribution in [0.2, 0.25) is 0 Å². The first kappa shape index (κ1) is 21.4. The van der Waals surface area contributed by atoms with Gasteiger partial charge in [0.15, 0.2) is 11.4 Å². The number of azide groups is 1. The monoisotopic (exact) mass is 442 g/mol. The van der Waals surface area contributed by atoms with Crippen molar-refractivity contribution in [2.45, 2.75) is 31.0 Å². The van der Waals surface area contributed by atoms with Gasteiger partial charge in [0.1, 0.15) is 22.8 Å². The van der Waals surface area contributed by atoms with Crippen molar-refractivity contribution in [3.63, 3.8) is 0 Å². The molecule has 3 aliphatic rings. The molecule has 0 aromatic heterocycles. The lowest BCUT2D eigenvalue weighted by molar-refractivity contribution is -0.152. The molecular weight excluding hydrogens is 424 g/mol. The van der Waals surface area contributed by atoms with Gasteiger partial charge in [-0.2, -0.15) is 0 Å². The Morgan fingerprint density at radius 2 is 1.91 bits per heavy atom. The minimum atomic E-state index is -2.75. The van der Waals surface area contributed by atoms with E-state index in [1.807, 2.05) is 0 Å². The predicted octanol–water partition coefficient (Wildman–Crippen LogP) is 1.03. The fourth-order valence-corrected chi connectivity index (χ4v) is 5.11. The average Bonchev–Trinajstić information content (AvgIpc) is 2.70. The van der Waals surface area contributed by atoms with Gasteiger partial charge in [0.25, 0.3) is 5.91 Å². The fraction of sp³-hybridized carbons (Fsp3) is 0.350. The standard InChI is InChI=1S/C20H18N4O8/c1-19(31)7-4-6-5-10(26)13(18(21)30)17(29)20(6,32)16(28)11(7)15(27)12-9(25)3-2-8(14(12)19)23-24-22/h2-3,6-7,25,27,29,31-32H,4-5H2,1H3,(H2,21,30)/t6-,7-,19-,20-/m0/s1. The van der Waals surface area contributed by atoms with Crippen LogP contribution in [0.4, 0.5) is 5.69 Å². The van der Waals surface area contributed by atoms with E-state index < -0.39 is 75.3 Å². The van der Waals surface area contributed by atoms with Gasteiger partial charge < -0.3 is 31.3 Å². The normalized spacial score (nSPS) is 31.5. The molecule has 1 amide bonds. The molecule has 166 valence electrons. The van der Waals surface area contributed by atoms with Crippen LogP contribution in [0.15, 0.2) is 34.2 Å². The van der Waals surface area contributed by atoms with E-state index in [1.165, 1.54) is 13.0 Å². The quantitative estimate of drug-likeness (QED) is 0.167. The highest BCUT2D eigenvalue weighted by Gasteiger charge is 2.63. The number of nitrogens with two attached hydrogens (primary N) is 1. The van der Waals surface area contributed by atoms with Gasteiger partial charge in [-0.3, -0.25) is 14.4 Å². The minimum absolute atomic E-state index is 0.109. The molecule has 4 rings (SSSR count). The highest BCUT2D eigenvalue weighted by molar-refractivity contribution is 6.22. The number of amides is 1. The largest absolute Gasteiger partial charge is 0.508 e. The molecule has 1 fully saturated rings. The molecule has 4 atom stereocenters. The molecule has 0 unspecified atom stereocenters. The number of Topliss-reactive ketones (excluding diaryl/α,β-unsaturated/α-hetero) is 2. The molecule has 0 aliphatic heterocycles. The van der Waals surface area contributed by atoms with Gasteiger partial charge in [0.2, 0.25) is 5.78 Å². The molecule has 1 aromatic carbocycles. The van der Waals surface area contributed by atoms with Gasteiger partial charge in [-0.1, -0.05) is 5.11 Å². The average molecular weight is 442 g/mol. The second-order valence-electron chi connectivity index (χ2n) is 8.25. The van der Waals surface area contributed by atoms with Crippen molar-refractivity contribution in [1.82, 2.24) is 0 Å². The number of hydrogen-bond acceptors (Lipinski definition) is 9. The Labute approximate surface area is 179 Å². The van der Waals surface area contributed by atoms with Crippen LogP contribution in [0.25, 0.3) is 16.2 Å². The van der Waals surface area contributed by atoms with Crippen molar-refractivity contribution in [1.29, 1.82) is 0 Å². The van der Waals surface area contributed by atoms with Gasteiger partial charge in [-0.25, -0.2) is 0 Å². The first-order valence-corrected chi connectivity index (χ1v) is 9.50. The number of primary amides is 1. The molecule has 7 N–H and O–H groups in total. The molecule has 0 radical (unpaired) electrons. The Hall–Kier alpha value is -3.86. The maximum absolute atomic E-state index is 13.4. The van der Waals surface area contributed by atoms with Crippen LogP contribution in [0, 0.1) is 11.8 Å². The highest BCUT2D eigenvalue weighted by atomic mass is 16.3. The maximum atomic E-state index is 13.4. The molecular formula is C20H18N4O8. The highest BCUT2D eigenvalue weighted by Crippen LogP contribution is 2.58. The van der Waals surface area contributed by atoms with Crippen LogP contribution >= 0.6 is 0 Å². The Kier molecular flexibility index (Phi) is 4.39. The van der Waals surface area contributed by atoms with Crippen molar-refractivity contribution in [2.75, 3.05) is 0 Å². The number of rotatable bonds is 2. The predicted molar refractivity (Wildman–Crippen MR) is 106 cm³/mol.